The van der Waals surface area contributed by atoms with Crippen molar-refractivity contribution in [1.82, 2.24) is 9.97 Å². The summed E-state index contributed by atoms with van der Waals surface area (Å²) < 4.78 is 5.30. The Hall–Kier alpha value is -3.36. The normalized spacial score (nSPS) is 12.8. The number of anilines is 4. The van der Waals surface area contributed by atoms with Crippen molar-refractivity contribution in [2.45, 2.75) is 46.6 Å². The molecule has 168 valence electrons. The Balaban J connectivity index is 0.00000166. The van der Waals surface area contributed by atoms with E-state index in [0.717, 1.165) is 12.8 Å². The maximum absolute atomic E-state index is 12.4. The van der Waals surface area contributed by atoms with Gasteiger partial charge >= 0.3 is 5.97 Å². The van der Waals surface area contributed by atoms with E-state index in [4.69, 9.17) is 9.84 Å². The maximum Gasteiger partial charge on any atom is 0.335 e. The van der Waals surface area contributed by atoms with E-state index in [2.05, 4.69) is 29.1 Å². The van der Waals surface area contributed by atoms with Crippen LogP contribution in [0, 0.1) is 0 Å². The van der Waals surface area contributed by atoms with Gasteiger partial charge in [-0.05, 0) is 31.0 Å². The molecule has 1 aliphatic rings. The Morgan fingerprint density at radius 2 is 1.97 bits per heavy atom. The van der Waals surface area contributed by atoms with Crippen molar-refractivity contribution in [2.24, 2.45) is 0 Å². The van der Waals surface area contributed by atoms with Crippen molar-refractivity contribution in [1.29, 1.82) is 0 Å². The number of carboxylic acids is 1. The van der Waals surface area contributed by atoms with Gasteiger partial charge in [0, 0.05) is 13.1 Å². The molecule has 1 aromatic heterocycles. The summed E-state index contributed by atoms with van der Waals surface area (Å²) in [5.41, 5.74) is 1.33. The van der Waals surface area contributed by atoms with Crippen molar-refractivity contribution >= 4 is 35.0 Å². The van der Waals surface area contributed by atoms with Crippen LogP contribution < -0.4 is 19.9 Å². The fourth-order valence-electron chi connectivity index (χ4n) is 3.42. The topological polar surface area (TPSA) is 108 Å². The highest BCUT2D eigenvalue weighted by atomic mass is 16.5. The minimum Gasteiger partial charge on any atom is -0.495 e. The fourth-order valence-corrected chi connectivity index (χ4v) is 3.42. The number of carboxylic acid groups (broad SMARTS) is 1. The third-order valence-electron chi connectivity index (χ3n) is 5.14. The Morgan fingerprint density at radius 3 is 2.55 bits per heavy atom. The second-order valence-electron chi connectivity index (χ2n) is 6.80. The second-order valence-corrected chi connectivity index (χ2v) is 6.80. The van der Waals surface area contributed by atoms with E-state index in [0.29, 0.717) is 28.9 Å². The average Bonchev–Trinajstić information content (AvgIpc) is 2.79. The molecule has 0 aliphatic carbocycles. The molecular weight excluding hydrogens is 398 g/mol. The van der Waals surface area contributed by atoms with E-state index in [1.165, 1.54) is 19.2 Å². The highest BCUT2D eigenvalue weighted by Gasteiger charge is 2.32. The highest BCUT2D eigenvalue weighted by molar-refractivity contribution is 6.02. The van der Waals surface area contributed by atoms with Gasteiger partial charge < -0.3 is 25.0 Å². The molecule has 0 atom stereocenters. The number of ether oxygens (including phenoxy) is 1. The minimum absolute atomic E-state index is 0.000335. The molecule has 0 unspecified atom stereocenters. The van der Waals surface area contributed by atoms with Crippen LogP contribution in [0.25, 0.3) is 0 Å². The van der Waals surface area contributed by atoms with Gasteiger partial charge in [0.25, 0.3) is 0 Å². The Bertz CT molecular complexity index is 930. The maximum atomic E-state index is 12.4. The van der Waals surface area contributed by atoms with E-state index in [9.17, 15) is 9.59 Å². The molecule has 0 spiro atoms. The van der Waals surface area contributed by atoms with Gasteiger partial charge in [-0.1, -0.05) is 27.7 Å². The lowest BCUT2D eigenvalue weighted by Crippen LogP contribution is -2.48. The first kappa shape index (κ1) is 23.9. The van der Waals surface area contributed by atoms with E-state index in [1.54, 1.807) is 24.2 Å². The number of carbonyl (C=O) groups excluding carboxylic acids is 1. The molecule has 0 saturated carbocycles. The van der Waals surface area contributed by atoms with Gasteiger partial charge in [-0.15, -0.1) is 0 Å². The first-order chi connectivity index (χ1) is 14.9. The first-order valence-corrected chi connectivity index (χ1v) is 10.5. The van der Waals surface area contributed by atoms with Gasteiger partial charge in [0.1, 0.15) is 11.4 Å². The van der Waals surface area contributed by atoms with Crippen molar-refractivity contribution in [3.8, 4) is 5.75 Å². The average molecular weight is 430 g/mol. The number of benzene rings is 1. The second kappa shape index (κ2) is 10.6. The summed E-state index contributed by atoms with van der Waals surface area (Å²) in [6.07, 6.45) is 3.41. The summed E-state index contributed by atoms with van der Waals surface area (Å²) in [5, 5.41) is 12.2. The van der Waals surface area contributed by atoms with E-state index in [1.807, 2.05) is 18.7 Å². The summed E-state index contributed by atoms with van der Waals surface area (Å²) in [6, 6.07) is 4.72. The monoisotopic (exact) mass is 429 g/mol. The van der Waals surface area contributed by atoms with Crippen molar-refractivity contribution < 1.29 is 19.4 Å². The molecular formula is C22H31N5O4. The summed E-state index contributed by atoms with van der Waals surface area (Å²) in [4.78, 5) is 36.2. The number of aromatic nitrogens is 2. The molecule has 2 heterocycles. The van der Waals surface area contributed by atoms with Crippen LogP contribution in [-0.2, 0) is 4.79 Å². The molecule has 1 amide bonds. The van der Waals surface area contributed by atoms with Crippen LogP contribution in [0.2, 0.25) is 0 Å². The molecule has 2 N–H and O–H groups in total. The number of methoxy groups -OCH3 is 1. The molecule has 0 saturated heterocycles. The van der Waals surface area contributed by atoms with Crippen molar-refractivity contribution in [3.63, 3.8) is 0 Å². The number of hydrogen-bond donors (Lipinski definition) is 2. The first-order valence-electron chi connectivity index (χ1n) is 10.5. The zero-order valence-corrected chi connectivity index (χ0v) is 19.0. The Labute approximate surface area is 183 Å². The number of nitrogens with zero attached hydrogens (tertiary/aromatic N) is 4. The van der Waals surface area contributed by atoms with Crippen LogP contribution in [0.1, 0.15) is 50.9 Å². The number of rotatable bonds is 7. The SMILES string of the molecule is CC.CCC(CC)N1CC(=O)N(C)c2cnc(Nc3ccc(C(=O)O)cc3OC)nc21. The molecule has 0 radical (unpaired) electrons. The zero-order valence-electron chi connectivity index (χ0n) is 19.0. The number of aromatic carboxylic acids is 1. The van der Waals surface area contributed by atoms with Crippen LogP contribution in [0.15, 0.2) is 24.4 Å². The number of fused-ring (bicyclic) bond motifs is 1. The zero-order chi connectivity index (χ0) is 23.1. The molecule has 9 nitrogen and oxygen atoms in total. The standard InChI is InChI=1S/C20H25N5O4.C2H6/c1-5-13(6-2)25-11-17(26)24(3)15-10-21-20(23-18(15)25)22-14-8-7-12(19(27)28)9-16(14)29-4;1-2/h7-10,13H,5-6,11H2,1-4H3,(H,27,28)(H,21,22,23);1-2H3. The fraction of sp³-hybridized carbons (Fsp3) is 0.455. The number of nitrogens with one attached hydrogen (secondary N) is 1. The summed E-state index contributed by atoms with van der Waals surface area (Å²) in [5.74, 6) is 0.367. The van der Waals surface area contributed by atoms with E-state index < -0.39 is 5.97 Å². The van der Waals surface area contributed by atoms with Crippen molar-refractivity contribution in [2.75, 3.05) is 35.8 Å². The molecule has 1 aliphatic heterocycles. The molecule has 1 aromatic carbocycles. The van der Waals surface area contributed by atoms with Crippen LogP contribution >= 0.6 is 0 Å². The van der Waals surface area contributed by atoms with E-state index in [-0.39, 0.29) is 24.1 Å². The lowest BCUT2D eigenvalue weighted by atomic mass is 10.1. The third kappa shape index (κ3) is 5.04. The smallest absolute Gasteiger partial charge is 0.335 e. The van der Waals surface area contributed by atoms with Gasteiger partial charge in [0.2, 0.25) is 11.9 Å². The van der Waals surface area contributed by atoms with E-state index >= 15 is 0 Å². The molecule has 0 bridgehead atoms. The van der Waals surface area contributed by atoms with Crippen LogP contribution in [0.4, 0.5) is 23.1 Å². The van der Waals surface area contributed by atoms with Gasteiger partial charge in [0.05, 0.1) is 31.1 Å². The molecule has 9 heteroatoms. The quantitative estimate of drug-likeness (QED) is 0.682. The van der Waals surface area contributed by atoms with Gasteiger partial charge in [-0.25, -0.2) is 9.78 Å². The predicted octanol–water partition coefficient (Wildman–Crippen LogP) is 3.92. The lowest BCUT2D eigenvalue weighted by molar-refractivity contribution is -0.117. The number of hydrogen-bond acceptors (Lipinski definition) is 7. The van der Waals surface area contributed by atoms with Crippen LogP contribution in [-0.4, -0.2) is 53.7 Å². The predicted molar refractivity (Wildman–Crippen MR) is 122 cm³/mol. The van der Waals surface area contributed by atoms with Gasteiger partial charge in [-0.3, -0.25) is 4.79 Å². The van der Waals surface area contributed by atoms with Gasteiger partial charge in [-0.2, -0.15) is 4.98 Å². The molecule has 3 rings (SSSR count). The molecule has 2 aromatic rings. The van der Waals surface area contributed by atoms with Crippen LogP contribution in [0.3, 0.4) is 0 Å². The third-order valence-corrected chi connectivity index (χ3v) is 5.14. The summed E-state index contributed by atoms with van der Waals surface area (Å²) in [6.45, 7) is 8.45. The molecule has 0 fully saturated rings. The summed E-state index contributed by atoms with van der Waals surface area (Å²) >= 11 is 0. The minimum atomic E-state index is -1.03. The summed E-state index contributed by atoms with van der Waals surface area (Å²) in [7, 11) is 3.19. The van der Waals surface area contributed by atoms with Crippen LogP contribution in [0.5, 0.6) is 5.75 Å². The highest BCUT2D eigenvalue weighted by Crippen LogP contribution is 2.35. The Morgan fingerprint density at radius 1 is 1.29 bits per heavy atom. The lowest BCUT2D eigenvalue weighted by Gasteiger charge is -2.38. The largest absolute Gasteiger partial charge is 0.495 e. The number of amides is 1. The number of carbonyl (C=O) groups is 2. The molecule has 31 heavy (non-hydrogen) atoms. The number of likely N-dealkylation sites (N-methyl/N-ethyl adjacent to an activating group) is 1. The van der Waals surface area contributed by atoms with Crippen molar-refractivity contribution in [3.05, 3.63) is 30.0 Å². The van der Waals surface area contributed by atoms with Gasteiger partial charge in [0.15, 0.2) is 5.82 Å². The Kier molecular flexibility index (Phi) is 8.18.